The number of aromatic nitrogens is 1. The molecule has 0 saturated carbocycles. The van der Waals surface area contributed by atoms with Crippen molar-refractivity contribution in [2.75, 3.05) is 6.61 Å². The summed E-state index contributed by atoms with van der Waals surface area (Å²) >= 11 is 1.55. The molecule has 1 saturated heterocycles. The fourth-order valence-corrected chi connectivity index (χ4v) is 3.09. The number of nitrogens with one attached hydrogen (secondary N) is 1. The number of hydrogen-bond acceptors (Lipinski definition) is 4. The second-order valence-corrected chi connectivity index (χ2v) is 5.73. The lowest BCUT2D eigenvalue weighted by atomic mass is 10.1. The highest BCUT2D eigenvalue weighted by atomic mass is 32.1. The van der Waals surface area contributed by atoms with Crippen LogP contribution in [-0.2, 0) is 4.74 Å². The van der Waals surface area contributed by atoms with Gasteiger partial charge in [0.05, 0.1) is 27.9 Å². The lowest BCUT2D eigenvalue weighted by molar-refractivity contribution is 0.0712. The third-order valence-electron chi connectivity index (χ3n) is 3.47. The predicted molar refractivity (Wildman–Crippen MR) is 75.5 cm³/mol. The molecule has 0 aliphatic carbocycles. The molecule has 2 aromatic rings. The van der Waals surface area contributed by atoms with E-state index >= 15 is 0 Å². The summed E-state index contributed by atoms with van der Waals surface area (Å²) in [5.41, 5.74) is 3.41. The highest BCUT2D eigenvalue weighted by Gasteiger charge is 2.24. The van der Waals surface area contributed by atoms with E-state index in [-0.39, 0.29) is 18.1 Å². The Balaban J connectivity index is 1.71. The quantitative estimate of drug-likeness (QED) is 0.937. The van der Waals surface area contributed by atoms with Crippen molar-refractivity contribution in [2.45, 2.75) is 31.9 Å². The van der Waals surface area contributed by atoms with Gasteiger partial charge in [-0.2, -0.15) is 0 Å². The molecule has 4 nitrogen and oxygen atoms in total. The number of rotatable bonds is 3. The van der Waals surface area contributed by atoms with E-state index in [9.17, 15) is 4.79 Å². The Hall–Kier alpha value is -1.46. The molecule has 1 aliphatic rings. The molecule has 3 rings (SSSR count). The first-order valence-electron chi connectivity index (χ1n) is 6.50. The van der Waals surface area contributed by atoms with Gasteiger partial charge in [0.2, 0.25) is 0 Å². The first-order chi connectivity index (χ1) is 9.24. The maximum absolute atomic E-state index is 12.2. The van der Waals surface area contributed by atoms with E-state index in [2.05, 4.69) is 10.3 Å². The predicted octanol–water partition coefficient (Wildman–Crippen LogP) is 2.59. The van der Waals surface area contributed by atoms with E-state index < -0.39 is 0 Å². The Labute approximate surface area is 115 Å². The molecule has 0 bridgehead atoms. The number of thiazole rings is 1. The fraction of sp³-hybridized carbons (Fsp3) is 0.429. The molecular weight excluding hydrogens is 260 g/mol. The summed E-state index contributed by atoms with van der Waals surface area (Å²) in [6, 6.07) is 5.65. The van der Waals surface area contributed by atoms with E-state index in [4.69, 9.17) is 4.74 Å². The molecule has 1 aromatic heterocycles. The molecule has 1 N–H and O–H groups in total. The van der Waals surface area contributed by atoms with Crippen LogP contribution in [0.3, 0.4) is 0 Å². The highest BCUT2D eigenvalue weighted by molar-refractivity contribution is 7.16. The standard InChI is InChI=1S/C14H16N2O2S/c1-9(12-3-2-6-18-12)16-14(17)10-4-5-11-13(7-10)19-8-15-11/h4-5,7-9,12H,2-3,6H2,1H3,(H,16,17)/t9-,12-/m0/s1. The van der Waals surface area contributed by atoms with Gasteiger partial charge >= 0.3 is 0 Å². The molecule has 0 unspecified atom stereocenters. The Bertz CT molecular complexity index is 590. The second kappa shape index (κ2) is 5.27. The number of benzene rings is 1. The topological polar surface area (TPSA) is 51.2 Å². The second-order valence-electron chi connectivity index (χ2n) is 4.85. The van der Waals surface area contributed by atoms with Crippen molar-refractivity contribution in [2.24, 2.45) is 0 Å². The van der Waals surface area contributed by atoms with Crippen molar-refractivity contribution in [1.82, 2.24) is 10.3 Å². The van der Waals surface area contributed by atoms with Crippen molar-refractivity contribution < 1.29 is 9.53 Å². The zero-order chi connectivity index (χ0) is 13.2. The van der Waals surface area contributed by atoms with Gasteiger partial charge in [0.25, 0.3) is 5.91 Å². The number of amides is 1. The van der Waals surface area contributed by atoms with Crippen LogP contribution in [0.1, 0.15) is 30.1 Å². The molecule has 1 amide bonds. The first kappa shape index (κ1) is 12.6. The molecule has 1 fully saturated rings. The molecule has 0 radical (unpaired) electrons. The van der Waals surface area contributed by atoms with Crippen LogP contribution in [0.25, 0.3) is 10.2 Å². The molecular formula is C14H16N2O2S. The first-order valence-corrected chi connectivity index (χ1v) is 7.38. The summed E-state index contributed by atoms with van der Waals surface area (Å²) < 4.78 is 6.63. The van der Waals surface area contributed by atoms with Crippen LogP contribution >= 0.6 is 11.3 Å². The molecule has 19 heavy (non-hydrogen) atoms. The van der Waals surface area contributed by atoms with Crippen LogP contribution in [-0.4, -0.2) is 29.6 Å². The normalized spacial score (nSPS) is 20.6. The highest BCUT2D eigenvalue weighted by Crippen LogP contribution is 2.20. The number of fused-ring (bicyclic) bond motifs is 1. The smallest absolute Gasteiger partial charge is 0.251 e. The van der Waals surface area contributed by atoms with E-state index in [1.54, 1.807) is 16.8 Å². The third kappa shape index (κ3) is 2.62. The van der Waals surface area contributed by atoms with Crippen molar-refractivity contribution in [3.8, 4) is 0 Å². The van der Waals surface area contributed by atoms with E-state index in [0.717, 1.165) is 29.7 Å². The fourth-order valence-electron chi connectivity index (χ4n) is 2.38. The van der Waals surface area contributed by atoms with Crippen LogP contribution < -0.4 is 5.32 Å². The lowest BCUT2D eigenvalue weighted by Crippen LogP contribution is -2.40. The maximum atomic E-state index is 12.2. The van der Waals surface area contributed by atoms with Crippen LogP contribution in [0, 0.1) is 0 Å². The minimum absolute atomic E-state index is 0.0432. The van der Waals surface area contributed by atoms with Gasteiger partial charge in [-0.25, -0.2) is 4.98 Å². The van der Waals surface area contributed by atoms with Gasteiger partial charge in [0.1, 0.15) is 0 Å². The van der Waals surface area contributed by atoms with Crippen LogP contribution in [0.2, 0.25) is 0 Å². The van der Waals surface area contributed by atoms with Crippen molar-refractivity contribution in [3.63, 3.8) is 0 Å². The Morgan fingerprint density at radius 2 is 2.47 bits per heavy atom. The van der Waals surface area contributed by atoms with Gasteiger partial charge < -0.3 is 10.1 Å². The van der Waals surface area contributed by atoms with E-state index in [1.165, 1.54) is 0 Å². The molecule has 1 aliphatic heterocycles. The number of carbonyl (C=O) groups is 1. The average Bonchev–Trinajstić information content (AvgIpc) is 3.09. The Kier molecular flexibility index (Phi) is 3.48. The van der Waals surface area contributed by atoms with Gasteiger partial charge in [-0.3, -0.25) is 4.79 Å². The molecule has 1 aromatic carbocycles. The van der Waals surface area contributed by atoms with Gasteiger partial charge in [0.15, 0.2) is 0 Å². The SMILES string of the molecule is C[C@H](NC(=O)c1ccc2ncsc2c1)[C@@H]1CCCO1. The van der Waals surface area contributed by atoms with Gasteiger partial charge in [0, 0.05) is 12.2 Å². The Morgan fingerprint density at radius 3 is 3.26 bits per heavy atom. The average molecular weight is 276 g/mol. The molecule has 2 heterocycles. The summed E-state index contributed by atoms with van der Waals surface area (Å²) in [5, 5.41) is 3.02. The number of ether oxygens (including phenoxy) is 1. The van der Waals surface area contributed by atoms with Crippen LogP contribution in [0.15, 0.2) is 23.7 Å². The summed E-state index contributed by atoms with van der Waals surface area (Å²) in [4.78, 5) is 16.4. The third-order valence-corrected chi connectivity index (χ3v) is 4.27. The van der Waals surface area contributed by atoms with Crippen LogP contribution in [0.4, 0.5) is 0 Å². The zero-order valence-corrected chi connectivity index (χ0v) is 11.6. The van der Waals surface area contributed by atoms with Crippen molar-refractivity contribution >= 4 is 27.5 Å². The van der Waals surface area contributed by atoms with Crippen molar-refractivity contribution in [1.29, 1.82) is 0 Å². The molecule has 100 valence electrons. The minimum atomic E-state index is -0.0432. The van der Waals surface area contributed by atoms with Gasteiger partial charge in [-0.05, 0) is 38.0 Å². The largest absolute Gasteiger partial charge is 0.376 e. The lowest BCUT2D eigenvalue weighted by Gasteiger charge is -2.19. The van der Waals surface area contributed by atoms with Gasteiger partial charge in [-0.1, -0.05) is 0 Å². The van der Waals surface area contributed by atoms with Crippen molar-refractivity contribution in [3.05, 3.63) is 29.3 Å². The summed E-state index contributed by atoms with van der Waals surface area (Å²) in [5.74, 6) is -0.0432. The van der Waals surface area contributed by atoms with Gasteiger partial charge in [-0.15, -0.1) is 11.3 Å². The number of carbonyl (C=O) groups excluding carboxylic acids is 1. The van der Waals surface area contributed by atoms with Crippen LogP contribution in [0.5, 0.6) is 0 Å². The Morgan fingerprint density at radius 1 is 1.58 bits per heavy atom. The monoisotopic (exact) mass is 276 g/mol. The molecule has 5 heteroatoms. The van der Waals surface area contributed by atoms with E-state index in [1.807, 2.05) is 25.1 Å². The zero-order valence-electron chi connectivity index (χ0n) is 10.8. The number of hydrogen-bond donors (Lipinski definition) is 1. The summed E-state index contributed by atoms with van der Waals surface area (Å²) in [6.07, 6.45) is 2.25. The molecule has 0 spiro atoms. The summed E-state index contributed by atoms with van der Waals surface area (Å²) in [6.45, 7) is 2.80. The summed E-state index contributed by atoms with van der Waals surface area (Å²) in [7, 11) is 0. The maximum Gasteiger partial charge on any atom is 0.251 e. The van der Waals surface area contributed by atoms with E-state index in [0.29, 0.717) is 5.56 Å². The minimum Gasteiger partial charge on any atom is -0.376 e. The molecule has 2 atom stereocenters. The number of nitrogens with zero attached hydrogens (tertiary/aromatic N) is 1.